The Bertz CT molecular complexity index is 125. The van der Waals surface area contributed by atoms with Gasteiger partial charge in [0.25, 0.3) is 0 Å². The van der Waals surface area contributed by atoms with Crippen molar-refractivity contribution in [3.63, 3.8) is 0 Å². The molecule has 52 valence electrons. The van der Waals surface area contributed by atoms with Gasteiger partial charge in [-0.2, -0.15) is 0 Å². The second-order valence-electron chi connectivity index (χ2n) is 1.32. The highest BCUT2D eigenvalue weighted by Crippen LogP contribution is 2.06. The maximum absolute atomic E-state index is 9.92. The molecule has 2 atom stereocenters. The average Bonchev–Trinajstić information content (AvgIpc) is 1.84. The van der Waals surface area contributed by atoms with Crippen molar-refractivity contribution in [2.75, 3.05) is 0 Å². The van der Waals surface area contributed by atoms with Gasteiger partial charge >= 0.3 is 5.97 Å². The number of aliphatic carboxylic acids is 1. The van der Waals surface area contributed by atoms with Gasteiger partial charge in [0.05, 0.1) is 0 Å². The molecule has 0 unspecified atom stereocenters. The molecular weight excluding hydrogens is 167 g/mol. The molecule has 0 fully saturated rings. The van der Waals surface area contributed by atoms with E-state index in [1.54, 1.807) is 0 Å². The number of carbonyl (C=O) groups is 2. The molecule has 0 aliphatic rings. The van der Waals surface area contributed by atoms with E-state index in [-0.39, 0.29) is 6.29 Å². The van der Waals surface area contributed by atoms with E-state index < -0.39 is 16.7 Å². The molecule has 0 bridgehead atoms. The third kappa shape index (κ3) is 2.67. The Morgan fingerprint density at radius 1 is 1.56 bits per heavy atom. The second kappa shape index (κ2) is 3.69. The molecule has 0 amide bonds. The van der Waals surface area contributed by atoms with E-state index in [9.17, 15) is 9.59 Å². The number of alkyl halides is 2. The molecule has 0 aromatic carbocycles. The zero-order chi connectivity index (χ0) is 7.44. The number of carboxylic acids is 1. The fraction of sp³-hybridized carbons (Fsp3) is 0.500. The number of carbonyl (C=O) groups excluding carboxylic acids is 1. The average molecular weight is 171 g/mol. The van der Waals surface area contributed by atoms with Crippen molar-refractivity contribution in [2.24, 2.45) is 0 Å². The molecule has 5 heteroatoms. The summed E-state index contributed by atoms with van der Waals surface area (Å²) in [5, 5.41) is 5.63. The summed E-state index contributed by atoms with van der Waals surface area (Å²) in [6.07, 6.45) is 0.285. The summed E-state index contributed by atoms with van der Waals surface area (Å²) < 4.78 is 0. The number of carboxylic acid groups (broad SMARTS) is 1. The van der Waals surface area contributed by atoms with E-state index in [0.29, 0.717) is 0 Å². The summed E-state index contributed by atoms with van der Waals surface area (Å²) in [5.41, 5.74) is 0. The minimum Gasteiger partial charge on any atom is -0.480 e. The summed E-state index contributed by atoms with van der Waals surface area (Å²) in [7, 11) is 0. The predicted octanol–water partition coefficient (Wildman–Crippen LogP) is 0.485. The molecular formula is C4H4Cl2O3. The molecule has 0 saturated carbocycles. The van der Waals surface area contributed by atoms with Crippen LogP contribution < -0.4 is 0 Å². The standard InChI is InChI=1S/C4H4Cl2O3/c5-2(1-7)3(6)4(8)9/h1-3H,(H,8,9)/t2-,3-/m1/s1. The van der Waals surface area contributed by atoms with Crippen molar-refractivity contribution in [3.05, 3.63) is 0 Å². The van der Waals surface area contributed by atoms with Gasteiger partial charge in [-0.25, -0.2) is 0 Å². The first-order valence-electron chi connectivity index (χ1n) is 2.06. The van der Waals surface area contributed by atoms with Crippen LogP contribution >= 0.6 is 23.2 Å². The van der Waals surface area contributed by atoms with Crippen molar-refractivity contribution < 1.29 is 14.7 Å². The third-order valence-corrected chi connectivity index (χ3v) is 1.59. The number of hydrogen-bond acceptors (Lipinski definition) is 2. The Morgan fingerprint density at radius 3 is 2.11 bits per heavy atom. The molecule has 0 aliphatic heterocycles. The summed E-state index contributed by atoms with van der Waals surface area (Å²) in [6, 6.07) is 0. The van der Waals surface area contributed by atoms with Crippen molar-refractivity contribution in [1.82, 2.24) is 0 Å². The van der Waals surface area contributed by atoms with Crippen molar-refractivity contribution in [3.8, 4) is 0 Å². The minimum atomic E-state index is -1.33. The summed E-state index contributed by atoms with van der Waals surface area (Å²) >= 11 is 10.2. The Kier molecular flexibility index (Phi) is 3.58. The number of hydrogen-bond donors (Lipinski definition) is 1. The zero-order valence-corrected chi connectivity index (χ0v) is 5.76. The van der Waals surface area contributed by atoms with Crippen LogP contribution in [0, 0.1) is 0 Å². The van der Waals surface area contributed by atoms with Crippen LogP contribution in [0.1, 0.15) is 0 Å². The van der Waals surface area contributed by atoms with Crippen LogP contribution in [0.25, 0.3) is 0 Å². The summed E-state index contributed by atoms with van der Waals surface area (Å²) in [6.45, 7) is 0. The quantitative estimate of drug-likeness (QED) is 0.496. The monoisotopic (exact) mass is 170 g/mol. The van der Waals surface area contributed by atoms with E-state index in [2.05, 4.69) is 0 Å². The number of halogens is 2. The molecule has 0 radical (unpaired) electrons. The van der Waals surface area contributed by atoms with Gasteiger partial charge in [-0.3, -0.25) is 4.79 Å². The Labute approximate surface area is 61.6 Å². The van der Waals surface area contributed by atoms with Gasteiger partial charge in [0.2, 0.25) is 0 Å². The fourth-order valence-corrected chi connectivity index (χ4v) is 0.372. The van der Waals surface area contributed by atoms with Crippen LogP contribution in [0.2, 0.25) is 0 Å². The largest absolute Gasteiger partial charge is 0.480 e. The first kappa shape index (κ1) is 8.72. The smallest absolute Gasteiger partial charge is 0.323 e. The molecule has 0 heterocycles. The molecule has 0 aliphatic carbocycles. The lowest BCUT2D eigenvalue weighted by molar-refractivity contribution is -0.137. The van der Waals surface area contributed by atoms with Crippen LogP contribution in [-0.4, -0.2) is 28.1 Å². The number of rotatable bonds is 3. The second-order valence-corrected chi connectivity index (χ2v) is 2.29. The minimum absolute atomic E-state index is 0.285. The van der Waals surface area contributed by atoms with E-state index in [0.717, 1.165) is 0 Å². The Morgan fingerprint density at radius 2 is 2.00 bits per heavy atom. The van der Waals surface area contributed by atoms with E-state index in [1.807, 2.05) is 0 Å². The molecule has 0 rings (SSSR count). The van der Waals surface area contributed by atoms with Gasteiger partial charge < -0.3 is 9.90 Å². The van der Waals surface area contributed by atoms with Gasteiger partial charge in [0.15, 0.2) is 5.38 Å². The third-order valence-electron chi connectivity index (χ3n) is 0.645. The summed E-state index contributed by atoms with van der Waals surface area (Å²) in [5.74, 6) is -1.29. The molecule has 9 heavy (non-hydrogen) atoms. The van der Waals surface area contributed by atoms with Crippen LogP contribution in [0.5, 0.6) is 0 Å². The highest BCUT2D eigenvalue weighted by Gasteiger charge is 2.22. The van der Waals surface area contributed by atoms with Gasteiger partial charge in [-0.05, 0) is 0 Å². The lowest BCUT2D eigenvalue weighted by atomic mass is 10.3. The topological polar surface area (TPSA) is 54.4 Å². The van der Waals surface area contributed by atoms with Gasteiger partial charge in [0, 0.05) is 0 Å². The molecule has 0 saturated heterocycles. The van der Waals surface area contributed by atoms with Crippen LogP contribution in [-0.2, 0) is 9.59 Å². The van der Waals surface area contributed by atoms with Crippen molar-refractivity contribution in [2.45, 2.75) is 10.8 Å². The summed E-state index contributed by atoms with van der Waals surface area (Å²) in [4.78, 5) is 19.7. The normalized spacial score (nSPS) is 16.2. The molecule has 3 nitrogen and oxygen atoms in total. The van der Waals surface area contributed by atoms with Crippen LogP contribution in [0.15, 0.2) is 0 Å². The van der Waals surface area contributed by atoms with Gasteiger partial charge in [-0.15, -0.1) is 23.2 Å². The molecule has 0 aromatic rings. The first-order chi connectivity index (χ1) is 4.09. The number of aldehydes is 1. The SMILES string of the molecule is O=C[C@@H](Cl)[C@@H](Cl)C(=O)O. The highest BCUT2D eigenvalue weighted by atomic mass is 35.5. The lowest BCUT2D eigenvalue weighted by Gasteiger charge is -2.02. The van der Waals surface area contributed by atoms with Gasteiger partial charge in [0.1, 0.15) is 11.7 Å². The maximum atomic E-state index is 9.92. The zero-order valence-electron chi connectivity index (χ0n) is 4.25. The molecule has 0 aromatic heterocycles. The van der Waals surface area contributed by atoms with Crippen molar-refractivity contribution in [1.29, 1.82) is 0 Å². The van der Waals surface area contributed by atoms with E-state index >= 15 is 0 Å². The fourth-order valence-electron chi connectivity index (χ4n) is 0.205. The lowest BCUT2D eigenvalue weighted by Crippen LogP contribution is -2.25. The van der Waals surface area contributed by atoms with Gasteiger partial charge in [-0.1, -0.05) is 0 Å². The Balaban J connectivity index is 3.86. The van der Waals surface area contributed by atoms with E-state index in [4.69, 9.17) is 28.3 Å². The van der Waals surface area contributed by atoms with E-state index in [1.165, 1.54) is 0 Å². The van der Waals surface area contributed by atoms with Crippen LogP contribution in [0.4, 0.5) is 0 Å². The first-order valence-corrected chi connectivity index (χ1v) is 2.93. The highest BCUT2D eigenvalue weighted by molar-refractivity contribution is 6.40. The predicted molar refractivity (Wildman–Crippen MR) is 33.0 cm³/mol. The molecule has 1 N–H and O–H groups in total. The van der Waals surface area contributed by atoms with Crippen LogP contribution in [0.3, 0.4) is 0 Å². The Hall–Kier alpha value is -0.280. The van der Waals surface area contributed by atoms with Crippen molar-refractivity contribution >= 4 is 35.5 Å². The maximum Gasteiger partial charge on any atom is 0.323 e. The molecule has 0 spiro atoms.